The first-order valence-corrected chi connectivity index (χ1v) is 5.30. The lowest BCUT2D eigenvalue weighted by Crippen LogP contribution is -2.38. The second-order valence-electron chi connectivity index (χ2n) is 3.84. The first kappa shape index (κ1) is 10.9. The fourth-order valence-electron chi connectivity index (χ4n) is 1.86. The monoisotopic (exact) mass is 218 g/mol. The van der Waals surface area contributed by atoms with Crippen molar-refractivity contribution in [2.45, 2.75) is 18.9 Å². The lowest BCUT2D eigenvalue weighted by Gasteiger charge is -2.31. The van der Waals surface area contributed by atoms with E-state index in [1.54, 1.807) is 12.3 Å². The van der Waals surface area contributed by atoms with Gasteiger partial charge in [-0.15, -0.1) is 0 Å². The van der Waals surface area contributed by atoms with Crippen molar-refractivity contribution in [3.63, 3.8) is 0 Å². The van der Waals surface area contributed by atoms with Crippen molar-refractivity contribution >= 4 is 5.82 Å². The minimum atomic E-state index is 0.162. The molecule has 0 unspecified atom stereocenters. The molecule has 1 aliphatic heterocycles. The molecule has 0 saturated carbocycles. The molecular weight excluding hydrogens is 204 g/mol. The molecule has 1 aromatic rings. The highest BCUT2D eigenvalue weighted by Crippen LogP contribution is 2.18. The molecule has 2 rings (SSSR count). The van der Waals surface area contributed by atoms with Crippen LogP contribution in [0.3, 0.4) is 0 Å². The molecule has 16 heavy (non-hydrogen) atoms. The SMILES string of the molecule is N#Cc1ccc(N2CCC(ON)CC2)nc1. The maximum Gasteiger partial charge on any atom is 0.128 e. The first-order valence-electron chi connectivity index (χ1n) is 5.30. The van der Waals surface area contributed by atoms with Gasteiger partial charge in [0.25, 0.3) is 0 Å². The predicted octanol–water partition coefficient (Wildman–Crippen LogP) is 0.812. The Bertz CT molecular complexity index is 376. The molecule has 0 radical (unpaired) electrons. The van der Waals surface area contributed by atoms with Gasteiger partial charge in [0.1, 0.15) is 11.9 Å². The topological polar surface area (TPSA) is 75.2 Å². The van der Waals surface area contributed by atoms with Crippen LogP contribution in [-0.4, -0.2) is 24.2 Å². The van der Waals surface area contributed by atoms with Crippen LogP contribution < -0.4 is 10.8 Å². The van der Waals surface area contributed by atoms with Gasteiger partial charge in [-0.05, 0) is 25.0 Å². The molecule has 0 aliphatic carbocycles. The van der Waals surface area contributed by atoms with Crippen LogP contribution in [0.15, 0.2) is 18.3 Å². The molecule has 1 fully saturated rings. The first-order chi connectivity index (χ1) is 7.83. The Morgan fingerprint density at radius 2 is 2.19 bits per heavy atom. The van der Waals surface area contributed by atoms with E-state index >= 15 is 0 Å². The van der Waals surface area contributed by atoms with Gasteiger partial charge in [-0.3, -0.25) is 0 Å². The van der Waals surface area contributed by atoms with Gasteiger partial charge in [0.05, 0.1) is 11.7 Å². The highest BCUT2D eigenvalue weighted by Gasteiger charge is 2.19. The van der Waals surface area contributed by atoms with E-state index < -0.39 is 0 Å². The third-order valence-electron chi connectivity index (χ3n) is 2.84. The van der Waals surface area contributed by atoms with Crippen molar-refractivity contribution in [2.24, 2.45) is 5.90 Å². The number of hydrogen-bond donors (Lipinski definition) is 1. The number of nitrogens with zero attached hydrogens (tertiary/aromatic N) is 3. The molecule has 84 valence electrons. The predicted molar refractivity (Wildman–Crippen MR) is 59.5 cm³/mol. The van der Waals surface area contributed by atoms with Crippen LogP contribution in [0.4, 0.5) is 5.82 Å². The standard InChI is InChI=1S/C11H14N4O/c12-7-9-1-2-11(14-8-9)15-5-3-10(16-13)4-6-15/h1-2,8,10H,3-6,13H2. The van der Waals surface area contributed by atoms with Gasteiger partial charge in [0, 0.05) is 19.3 Å². The molecule has 0 amide bonds. The zero-order valence-electron chi connectivity index (χ0n) is 8.97. The maximum absolute atomic E-state index is 8.67. The van der Waals surface area contributed by atoms with E-state index in [1.165, 1.54) is 0 Å². The van der Waals surface area contributed by atoms with Crippen molar-refractivity contribution in [1.82, 2.24) is 4.98 Å². The minimum Gasteiger partial charge on any atom is -0.356 e. The Labute approximate surface area is 94.4 Å². The van der Waals surface area contributed by atoms with E-state index in [-0.39, 0.29) is 6.10 Å². The van der Waals surface area contributed by atoms with E-state index in [9.17, 15) is 0 Å². The van der Waals surface area contributed by atoms with E-state index in [0.717, 1.165) is 31.7 Å². The number of nitriles is 1. The summed E-state index contributed by atoms with van der Waals surface area (Å²) in [6.45, 7) is 1.78. The van der Waals surface area contributed by atoms with Gasteiger partial charge in [-0.1, -0.05) is 0 Å². The fraction of sp³-hybridized carbons (Fsp3) is 0.455. The normalized spacial score (nSPS) is 17.1. The van der Waals surface area contributed by atoms with Crippen LogP contribution in [-0.2, 0) is 4.84 Å². The molecule has 1 aliphatic rings. The molecule has 0 atom stereocenters. The number of pyridine rings is 1. The fourth-order valence-corrected chi connectivity index (χ4v) is 1.86. The van der Waals surface area contributed by atoms with Crippen LogP contribution >= 0.6 is 0 Å². The van der Waals surface area contributed by atoms with Crippen molar-refractivity contribution in [3.8, 4) is 6.07 Å². The quantitative estimate of drug-likeness (QED) is 0.743. The van der Waals surface area contributed by atoms with Gasteiger partial charge >= 0.3 is 0 Å². The summed E-state index contributed by atoms with van der Waals surface area (Å²) in [5, 5.41) is 8.67. The zero-order chi connectivity index (χ0) is 11.4. The van der Waals surface area contributed by atoms with Gasteiger partial charge < -0.3 is 9.74 Å². The number of anilines is 1. The molecular formula is C11H14N4O. The van der Waals surface area contributed by atoms with E-state index in [4.69, 9.17) is 16.0 Å². The summed E-state index contributed by atoms with van der Waals surface area (Å²) in [6, 6.07) is 5.72. The van der Waals surface area contributed by atoms with Crippen LogP contribution in [0.2, 0.25) is 0 Å². The lowest BCUT2D eigenvalue weighted by molar-refractivity contribution is 0.0367. The van der Waals surface area contributed by atoms with Crippen LogP contribution in [0.1, 0.15) is 18.4 Å². The Kier molecular flexibility index (Phi) is 3.34. The third kappa shape index (κ3) is 2.30. The van der Waals surface area contributed by atoms with Gasteiger partial charge in [-0.25, -0.2) is 10.9 Å². The van der Waals surface area contributed by atoms with Crippen LogP contribution in [0.5, 0.6) is 0 Å². The molecule has 1 aromatic heterocycles. The number of rotatable bonds is 2. The third-order valence-corrected chi connectivity index (χ3v) is 2.84. The van der Waals surface area contributed by atoms with E-state index in [2.05, 4.69) is 16.0 Å². The molecule has 2 N–H and O–H groups in total. The summed E-state index contributed by atoms with van der Waals surface area (Å²) in [4.78, 5) is 11.3. The molecule has 5 nitrogen and oxygen atoms in total. The van der Waals surface area contributed by atoms with Crippen LogP contribution in [0, 0.1) is 11.3 Å². The molecule has 5 heteroatoms. The number of aromatic nitrogens is 1. The summed E-state index contributed by atoms with van der Waals surface area (Å²) in [6.07, 6.45) is 3.59. The molecule has 0 bridgehead atoms. The smallest absolute Gasteiger partial charge is 0.128 e. The molecule has 1 saturated heterocycles. The highest BCUT2D eigenvalue weighted by molar-refractivity contribution is 5.42. The van der Waals surface area contributed by atoms with E-state index in [0.29, 0.717) is 5.56 Å². The van der Waals surface area contributed by atoms with Gasteiger partial charge in [0.2, 0.25) is 0 Å². The minimum absolute atomic E-state index is 0.162. The summed E-state index contributed by atoms with van der Waals surface area (Å²) >= 11 is 0. The van der Waals surface area contributed by atoms with Crippen molar-refractivity contribution < 1.29 is 4.84 Å². The number of piperidine rings is 1. The molecule has 2 heterocycles. The largest absolute Gasteiger partial charge is 0.356 e. The number of hydrogen-bond acceptors (Lipinski definition) is 5. The summed E-state index contributed by atoms with van der Waals surface area (Å²) in [5.74, 6) is 6.07. The summed E-state index contributed by atoms with van der Waals surface area (Å²) in [5.41, 5.74) is 0.587. The Hall–Kier alpha value is -1.64. The summed E-state index contributed by atoms with van der Waals surface area (Å²) in [7, 11) is 0. The maximum atomic E-state index is 8.67. The zero-order valence-corrected chi connectivity index (χ0v) is 8.97. The van der Waals surface area contributed by atoms with Crippen molar-refractivity contribution in [3.05, 3.63) is 23.9 Å². The Morgan fingerprint density at radius 1 is 1.44 bits per heavy atom. The Balaban J connectivity index is 2.00. The second-order valence-corrected chi connectivity index (χ2v) is 3.84. The van der Waals surface area contributed by atoms with Crippen LogP contribution in [0.25, 0.3) is 0 Å². The number of nitrogens with two attached hydrogens (primary N) is 1. The molecule has 0 spiro atoms. The average molecular weight is 218 g/mol. The molecule has 0 aromatic carbocycles. The highest BCUT2D eigenvalue weighted by atomic mass is 16.6. The van der Waals surface area contributed by atoms with E-state index in [1.807, 2.05) is 6.07 Å². The Morgan fingerprint density at radius 3 is 2.69 bits per heavy atom. The van der Waals surface area contributed by atoms with Crippen molar-refractivity contribution in [2.75, 3.05) is 18.0 Å². The summed E-state index contributed by atoms with van der Waals surface area (Å²) < 4.78 is 0. The average Bonchev–Trinajstić information content (AvgIpc) is 2.39. The van der Waals surface area contributed by atoms with Gasteiger partial charge in [-0.2, -0.15) is 5.26 Å². The lowest BCUT2D eigenvalue weighted by atomic mass is 10.1. The second kappa shape index (κ2) is 4.92. The van der Waals surface area contributed by atoms with Gasteiger partial charge in [0.15, 0.2) is 0 Å². The van der Waals surface area contributed by atoms with Crippen molar-refractivity contribution in [1.29, 1.82) is 5.26 Å².